The molecule has 1 aliphatic heterocycles. The molecular formula is C31H26BrClN2O5S. The van der Waals surface area contributed by atoms with Gasteiger partial charge in [-0.1, -0.05) is 53.3 Å². The Bertz CT molecular complexity index is 1830. The Morgan fingerprint density at radius 3 is 2.61 bits per heavy atom. The van der Waals surface area contributed by atoms with E-state index in [1.165, 1.54) is 11.3 Å². The van der Waals surface area contributed by atoms with E-state index >= 15 is 0 Å². The van der Waals surface area contributed by atoms with Gasteiger partial charge in [-0.05, 0) is 88.9 Å². The molecule has 0 unspecified atom stereocenters. The fourth-order valence-electron chi connectivity index (χ4n) is 4.56. The van der Waals surface area contributed by atoms with E-state index in [1.54, 1.807) is 31.6 Å². The van der Waals surface area contributed by atoms with E-state index in [2.05, 4.69) is 20.9 Å². The number of nitrogens with zero attached hydrogens (tertiary/aromatic N) is 2. The zero-order valence-electron chi connectivity index (χ0n) is 22.5. The van der Waals surface area contributed by atoms with Gasteiger partial charge in [0.15, 0.2) is 4.80 Å². The normalized spacial score (nSPS) is 14.9. The summed E-state index contributed by atoms with van der Waals surface area (Å²) in [6.07, 6.45) is 1.81. The number of carbonyl (C=O) groups is 1. The van der Waals surface area contributed by atoms with Gasteiger partial charge in [-0.15, -0.1) is 0 Å². The van der Waals surface area contributed by atoms with Crippen molar-refractivity contribution < 1.29 is 19.0 Å². The van der Waals surface area contributed by atoms with Crippen molar-refractivity contribution in [2.75, 3.05) is 13.7 Å². The molecule has 0 bridgehead atoms. The van der Waals surface area contributed by atoms with Crippen LogP contribution in [-0.4, -0.2) is 24.3 Å². The summed E-state index contributed by atoms with van der Waals surface area (Å²) in [6, 6.07) is 19.8. The molecule has 0 amide bonds. The molecule has 41 heavy (non-hydrogen) atoms. The van der Waals surface area contributed by atoms with Crippen LogP contribution in [0.25, 0.3) is 6.08 Å². The van der Waals surface area contributed by atoms with Gasteiger partial charge in [0.1, 0.15) is 18.1 Å². The van der Waals surface area contributed by atoms with Crippen LogP contribution in [0.2, 0.25) is 5.02 Å². The molecule has 0 saturated carbocycles. The van der Waals surface area contributed by atoms with E-state index in [0.29, 0.717) is 48.2 Å². The highest BCUT2D eigenvalue weighted by Gasteiger charge is 2.33. The first-order valence-electron chi connectivity index (χ1n) is 12.8. The second kappa shape index (κ2) is 12.5. The predicted molar refractivity (Wildman–Crippen MR) is 163 cm³/mol. The van der Waals surface area contributed by atoms with E-state index < -0.39 is 12.0 Å². The molecule has 0 spiro atoms. The van der Waals surface area contributed by atoms with Crippen LogP contribution < -0.4 is 24.4 Å². The van der Waals surface area contributed by atoms with E-state index in [4.69, 9.17) is 25.8 Å². The van der Waals surface area contributed by atoms with Crippen molar-refractivity contribution >= 4 is 50.9 Å². The van der Waals surface area contributed by atoms with Gasteiger partial charge in [-0.2, -0.15) is 0 Å². The summed E-state index contributed by atoms with van der Waals surface area (Å²) in [6.45, 7) is 4.10. The fraction of sp³-hybridized carbons (Fsp3) is 0.194. The molecule has 0 saturated heterocycles. The molecule has 2 heterocycles. The monoisotopic (exact) mass is 652 g/mol. The lowest BCUT2D eigenvalue weighted by Gasteiger charge is -2.25. The number of methoxy groups -OCH3 is 1. The molecule has 0 fully saturated rings. The molecule has 0 N–H and O–H groups in total. The Kier molecular flexibility index (Phi) is 8.77. The van der Waals surface area contributed by atoms with Gasteiger partial charge in [-0.25, -0.2) is 9.79 Å². The molecule has 210 valence electrons. The van der Waals surface area contributed by atoms with E-state index in [0.717, 1.165) is 16.7 Å². The van der Waals surface area contributed by atoms with Crippen LogP contribution in [0.4, 0.5) is 0 Å². The number of fused-ring (bicyclic) bond motifs is 1. The van der Waals surface area contributed by atoms with Gasteiger partial charge in [0, 0.05) is 5.02 Å². The summed E-state index contributed by atoms with van der Waals surface area (Å²) in [5, 5.41) is 0.661. The average molecular weight is 654 g/mol. The highest BCUT2D eigenvalue weighted by molar-refractivity contribution is 9.10. The average Bonchev–Trinajstić information content (AvgIpc) is 3.26. The molecule has 7 nitrogen and oxygen atoms in total. The zero-order valence-corrected chi connectivity index (χ0v) is 25.7. The molecule has 5 rings (SSSR count). The van der Waals surface area contributed by atoms with Crippen molar-refractivity contribution in [3.05, 3.63) is 124 Å². The molecule has 3 aromatic carbocycles. The molecule has 1 aliphatic rings. The first-order chi connectivity index (χ1) is 19.8. The van der Waals surface area contributed by atoms with Crippen LogP contribution in [0.1, 0.15) is 36.6 Å². The minimum Gasteiger partial charge on any atom is -0.496 e. The summed E-state index contributed by atoms with van der Waals surface area (Å²) in [5.41, 5.74) is 3.11. The summed E-state index contributed by atoms with van der Waals surface area (Å²) in [7, 11) is 1.58. The number of hydrogen-bond acceptors (Lipinski definition) is 7. The maximum Gasteiger partial charge on any atom is 0.338 e. The molecule has 1 aromatic heterocycles. The van der Waals surface area contributed by atoms with Crippen molar-refractivity contribution in [3.8, 4) is 11.5 Å². The molecule has 1 atom stereocenters. The van der Waals surface area contributed by atoms with Gasteiger partial charge >= 0.3 is 5.97 Å². The molecule has 10 heteroatoms. The Hall–Kier alpha value is -3.66. The summed E-state index contributed by atoms with van der Waals surface area (Å²) in [5.74, 6) is 0.830. The number of hydrogen-bond donors (Lipinski definition) is 0. The topological polar surface area (TPSA) is 79.1 Å². The minimum atomic E-state index is -0.711. The van der Waals surface area contributed by atoms with Gasteiger partial charge < -0.3 is 14.2 Å². The number of allylic oxidation sites excluding steroid dienone is 1. The lowest BCUT2D eigenvalue weighted by molar-refractivity contribution is -0.139. The Morgan fingerprint density at radius 2 is 1.93 bits per heavy atom. The summed E-state index contributed by atoms with van der Waals surface area (Å²) in [4.78, 5) is 32.1. The quantitative estimate of drug-likeness (QED) is 0.225. The number of thiazole rings is 1. The Morgan fingerprint density at radius 1 is 1.15 bits per heavy atom. The number of rotatable bonds is 8. The van der Waals surface area contributed by atoms with Crippen LogP contribution in [-0.2, 0) is 16.1 Å². The smallest absolute Gasteiger partial charge is 0.338 e. The van der Waals surface area contributed by atoms with Crippen molar-refractivity contribution in [1.82, 2.24) is 4.57 Å². The maximum atomic E-state index is 13.8. The maximum absolute atomic E-state index is 13.8. The number of carbonyl (C=O) groups excluding carboxylic acids is 1. The van der Waals surface area contributed by atoms with Crippen LogP contribution in [0.5, 0.6) is 11.5 Å². The number of esters is 1. The van der Waals surface area contributed by atoms with Crippen molar-refractivity contribution in [2.45, 2.75) is 26.5 Å². The van der Waals surface area contributed by atoms with Gasteiger partial charge in [0.2, 0.25) is 0 Å². The molecular weight excluding hydrogens is 628 g/mol. The lowest BCUT2D eigenvalue weighted by atomic mass is 9.96. The molecule has 4 aromatic rings. The number of aromatic nitrogens is 1. The number of halogens is 2. The second-order valence-electron chi connectivity index (χ2n) is 9.18. The van der Waals surface area contributed by atoms with Crippen LogP contribution in [0.15, 0.2) is 92.3 Å². The van der Waals surface area contributed by atoms with E-state index in [9.17, 15) is 9.59 Å². The number of benzene rings is 3. The van der Waals surface area contributed by atoms with Gasteiger partial charge in [-0.3, -0.25) is 9.36 Å². The van der Waals surface area contributed by atoms with E-state index in [-0.39, 0.29) is 12.2 Å². The molecule has 0 aliphatic carbocycles. The van der Waals surface area contributed by atoms with Crippen LogP contribution in [0.3, 0.4) is 0 Å². The SMILES string of the molecule is CCOC(=O)C1=C(C)N=c2s/c(=C\c3ccc(OCc4cccc(Cl)c4)cc3)c(=O)n2[C@H]1c1ccc(OC)c(Br)c1. The first kappa shape index (κ1) is 28.9. The van der Waals surface area contributed by atoms with Crippen LogP contribution in [0, 0.1) is 0 Å². The third-order valence-corrected chi connectivity index (χ3v) is 8.32. The minimum absolute atomic E-state index is 0.206. The summed E-state index contributed by atoms with van der Waals surface area (Å²) < 4.78 is 19.4. The number of ether oxygens (including phenoxy) is 3. The Balaban J connectivity index is 1.51. The highest BCUT2D eigenvalue weighted by Crippen LogP contribution is 2.35. The third-order valence-electron chi connectivity index (χ3n) is 6.48. The van der Waals surface area contributed by atoms with Gasteiger partial charge in [0.05, 0.1) is 40.0 Å². The fourth-order valence-corrected chi connectivity index (χ4v) is 6.38. The van der Waals surface area contributed by atoms with Crippen LogP contribution >= 0.6 is 38.9 Å². The van der Waals surface area contributed by atoms with Gasteiger partial charge in [0.25, 0.3) is 5.56 Å². The Labute approximate surface area is 254 Å². The predicted octanol–water partition coefficient (Wildman–Crippen LogP) is 5.80. The van der Waals surface area contributed by atoms with Crippen molar-refractivity contribution in [1.29, 1.82) is 0 Å². The second-order valence-corrected chi connectivity index (χ2v) is 11.5. The van der Waals surface area contributed by atoms with Crippen molar-refractivity contribution in [2.24, 2.45) is 4.99 Å². The first-order valence-corrected chi connectivity index (χ1v) is 14.8. The largest absolute Gasteiger partial charge is 0.496 e. The summed E-state index contributed by atoms with van der Waals surface area (Å²) >= 11 is 10.9. The molecule has 0 radical (unpaired) electrons. The zero-order chi connectivity index (χ0) is 29.1. The standard InChI is InChI=1S/C31H26BrClN2O5S/c1-4-39-30(37)27-18(2)34-31-35(28(27)21-10-13-25(38-3)24(32)16-21)29(36)26(41-31)15-19-8-11-23(12-9-19)40-17-20-6-5-7-22(33)14-20/h5-16,28H,4,17H2,1-3H3/b26-15-/t28-/m0/s1. The lowest BCUT2D eigenvalue weighted by Crippen LogP contribution is -2.39. The highest BCUT2D eigenvalue weighted by atomic mass is 79.9. The van der Waals surface area contributed by atoms with Crippen molar-refractivity contribution in [3.63, 3.8) is 0 Å². The van der Waals surface area contributed by atoms with E-state index in [1.807, 2.05) is 66.7 Å². The third kappa shape index (κ3) is 6.17.